The second-order valence-corrected chi connectivity index (χ2v) is 4.56. The fourth-order valence-corrected chi connectivity index (χ4v) is 2.14. The van der Waals surface area contributed by atoms with Gasteiger partial charge in [-0.3, -0.25) is 0 Å². The van der Waals surface area contributed by atoms with Crippen LogP contribution in [0.5, 0.6) is 0 Å². The van der Waals surface area contributed by atoms with Gasteiger partial charge < -0.3 is 0 Å². The summed E-state index contributed by atoms with van der Waals surface area (Å²) in [6.07, 6.45) is 6.91. The highest BCUT2D eigenvalue weighted by molar-refractivity contribution is 4.69. The Hall–Kier alpha value is 0. The van der Waals surface area contributed by atoms with Gasteiger partial charge in [-0.05, 0) is 17.8 Å². The lowest BCUT2D eigenvalue weighted by molar-refractivity contribution is 0.232. The predicted molar refractivity (Wildman–Crippen MR) is 61.9 cm³/mol. The molecule has 0 nitrogen and oxygen atoms in total. The Bertz CT molecular complexity index is 107. The fraction of sp³-hybridized carbons (Fsp3) is 1.00. The Balaban J connectivity index is 3.90. The molecule has 0 aliphatic rings. The summed E-state index contributed by atoms with van der Waals surface area (Å²) in [6, 6.07) is 0. The summed E-state index contributed by atoms with van der Waals surface area (Å²) < 4.78 is 0. The molecule has 80 valence electrons. The SMILES string of the molecule is CCCCC(CC)C(C)C(C)CC. The molecule has 0 amide bonds. The summed E-state index contributed by atoms with van der Waals surface area (Å²) in [5, 5.41) is 0. The zero-order valence-electron chi connectivity index (χ0n) is 10.3. The lowest BCUT2D eigenvalue weighted by Crippen LogP contribution is -2.18. The fourth-order valence-electron chi connectivity index (χ4n) is 2.14. The maximum absolute atomic E-state index is 2.44. The molecule has 0 rings (SSSR count). The van der Waals surface area contributed by atoms with Gasteiger partial charge in [0.15, 0.2) is 0 Å². The summed E-state index contributed by atoms with van der Waals surface area (Å²) >= 11 is 0. The first kappa shape index (κ1) is 13.0. The average molecular weight is 184 g/mol. The lowest BCUT2D eigenvalue weighted by Gasteiger charge is -2.27. The van der Waals surface area contributed by atoms with Gasteiger partial charge in [0.2, 0.25) is 0 Å². The molecule has 0 aliphatic heterocycles. The summed E-state index contributed by atoms with van der Waals surface area (Å²) in [5.41, 5.74) is 0. The Morgan fingerprint density at radius 3 is 1.92 bits per heavy atom. The molecule has 3 unspecified atom stereocenters. The van der Waals surface area contributed by atoms with Crippen molar-refractivity contribution in [1.29, 1.82) is 0 Å². The second-order valence-electron chi connectivity index (χ2n) is 4.56. The van der Waals surface area contributed by atoms with Crippen molar-refractivity contribution >= 4 is 0 Å². The minimum Gasteiger partial charge on any atom is -0.0654 e. The zero-order valence-corrected chi connectivity index (χ0v) is 10.3. The largest absolute Gasteiger partial charge is 0.0654 e. The first-order chi connectivity index (χ1) is 6.17. The third kappa shape index (κ3) is 4.69. The molecule has 0 aromatic heterocycles. The summed E-state index contributed by atoms with van der Waals surface area (Å²) in [7, 11) is 0. The topological polar surface area (TPSA) is 0 Å². The number of unbranched alkanes of at least 4 members (excludes halogenated alkanes) is 1. The summed E-state index contributed by atoms with van der Waals surface area (Å²) in [5.74, 6) is 2.79. The molecule has 0 saturated heterocycles. The van der Waals surface area contributed by atoms with Crippen LogP contribution in [-0.2, 0) is 0 Å². The third-order valence-electron chi connectivity index (χ3n) is 3.74. The minimum absolute atomic E-state index is 0.904. The van der Waals surface area contributed by atoms with Crippen molar-refractivity contribution in [3.8, 4) is 0 Å². The van der Waals surface area contributed by atoms with Crippen molar-refractivity contribution in [1.82, 2.24) is 0 Å². The molecule has 0 saturated carbocycles. The van der Waals surface area contributed by atoms with Crippen LogP contribution in [0.1, 0.15) is 66.7 Å². The first-order valence-electron chi connectivity index (χ1n) is 6.17. The van der Waals surface area contributed by atoms with E-state index in [0.717, 1.165) is 17.8 Å². The van der Waals surface area contributed by atoms with Gasteiger partial charge in [0, 0.05) is 0 Å². The predicted octanol–water partition coefficient (Wildman–Crippen LogP) is 4.89. The highest BCUT2D eigenvalue weighted by Gasteiger charge is 2.19. The van der Waals surface area contributed by atoms with Gasteiger partial charge in [0.05, 0.1) is 0 Å². The van der Waals surface area contributed by atoms with Crippen LogP contribution >= 0.6 is 0 Å². The van der Waals surface area contributed by atoms with Gasteiger partial charge in [0.1, 0.15) is 0 Å². The molecule has 0 N–H and O–H groups in total. The van der Waals surface area contributed by atoms with Crippen LogP contribution in [0.3, 0.4) is 0 Å². The van der Waals surface area contributed by atoms with Crippen molar-refractivity contribution < 1.29 is 0 Å². The van der Waals surface area contributed by atoms with Crippen molar-refractivity contribution in [3.63, 3.8) is 0 Å². The number of hydrogen-bond acceptors (Lipinski definition) is 0. The normalized spacial score (nSPS) is 18.2. The summed E-state index contributed by atoms with van der Waals surface area (Å²) in [6.45, 7) is 11.8. The maximum Gasteiger partial charge on any atom is -0.0389 e. The highest BCUT2D eigenvalue weighted by Crippen LogP contribution is 2.29. The Morgan fingerprint density at radius 1 is 0.923 bits per heavy atom. The van der Waals surface area contributed by atoms with Crippen LogP contribution in [0.2, 0.25) is 0 Å². The average Bonchev–Trinajstić information content (AvgIpc) is 2.17. The van der Waals surface area contributed by atoms with Gasteiger partial charge in [-0.15, -0.1) is 0 Å². The van der Waals surface area contributed by atoms with E-state index in [4.69, 9.17) is 0 Å². The van der Waals surface area contributed by atoms with E-state index in [9.17, 15) is 0 Å². The van der Waals surface area contributed by atoms with Gasteiger partial charge in [-0.1, -0.05) is 66.7 Å². The van der Waals surface area contributed by atoms with Crippen LogP contribution in [0.4, 0.5) is 0 Å². The molecule has 0 spiro atoms. The van der Waals surface area contributed by atoms with Gasteiger partial charge in [-0.25, -0.2) is 0 Å². The molecule has 0 aromatic rings. The van der Waals surface area contributed by atoms with E-state index in [1.54, 1.807) is 0 Å². The Kier molecular flexibility index (Phi) is 7.41. The van der Waals surface area contributed by atoms with Crippen molar-refractivity contribution in [2.45, 2.75) is 66.7 Å². The molecule has 0 radical (unpaired) electrons. The molecule has 3 atom stereocenters. The van der Waals surface area contributed by atoms with E-state index in [2.05, 4.69) is 34.6 Å². The van der Waals surface area contributed by atoms with Crippen molar-refractivity contribution in [2.24, 2.45) is 17.8 Å². The molecule has 0 heteroatoms. The summed E-state index contributed by atoms with van der Waals surface area (Å²) in [4.78, 5) is 0. The third-order valence-corrected chi connectivity index (χ3v) is 3.74. The highest BCUT2D eigenvalue weighted by atomic mass is 14.2. The monoisotopic (exact) mass is 184 g/mol. The minimum atomic E-state index is 0.904. The van der Waals surface area contributed by atoms with Gasteiger partial charge in [-0.2, -0.15) is 0 Å². The number of rotatable bonds is 7. The van der Waals surface area contributed by atoms with Crippen LogP contribution in [-0.4, -0.2) is 0 Å². The Labute approximate surface area is 85.1 Å². The first-order valence-corrected chi connectivity index (χ1v) is 6.17. The molecular weight excluding hydrogens is 156 g/mol. The standard InChI is InChI=1S/C13H28/c1-6-9-10-13(8-3)12(5)11(4)7-2/h11-13H,6-10H2,1-5H3. The quantitative estimate of drug-likeness (QED) is 0.528. The molecule has 0 bridgehead atoms. The van der Waals surface area contributed by atoms with Crippen LogP contribution < -0.4 is 0 Å². The van der Waals surface area contributed by atoms with E-state index in [1.807, 2.05) is 0 Å². The molecule has 0 fully saturated rings. The maximum atomic E-state index is 2.44. The smallest absolute Gasteiger partial charge is 0.0389 e. The van der Waals surface area contributed by atoms with Gasteiger partial charge >= 0.3 is 0 Å². The van der Waals surface area contributed by atoms with Crippen molar-refractivity contribution in [3.05, 3.63) is 0 Å². The van der Waals surface area contributed by atoms with E-state index in [-0.39, 0.29) is 0 Å². The number of hydrogen-bond donors (Lipinski definition) is 0. The van der Waals surface area contributed by atoms with E-state index in [0.29, 0.717) is 0 Å². The molecule has 0 aliphatic carbocycles. The molecular formula is C13H28. The Morgan fingerprint density at radius 2 is 1.54 bits per heavy atom. The van der Waals surface area contributed by atoms with Crippen molar-refractivity contribution in [2.75, 3.05) is 0 Å². The zero-order chi connectivity index (χ0) is 10.3. The van der Waals surface area contributed by atoms with Crippen LogP contribution in [0.15, 0.2) is 0 Å². The molecule has 13 heavy (non-hydrogen) atoms. The second kappa shape index (κ2) is 7.41. The van der Waals surface area contributed by atoms with E-state index in [1.165, 1.54) is 32.1 Å². The molecule has 0 aromatic carbocycles. The van der Waals surface area contributed by atoms with E-state index < -0.39 is 0 Å². The molecule has 0 heterocycles. The van der Waals surface area contributed by atoms with Crippen LogP contribution in [0, 0.1) is 17.8 Å². The van der Waals surface area contributed by atoms with Crippen LogP contribution in [0.25, 0.3) is 0 Å². The van der Waals surface area contributed by atoms with E-state index >= 15 is 0 Å². The van der Waals surface area contributed by atoms with Gasteiger partial charge in [0.25, 0.3) is 0 Å². The lowest BCUT2D eigenvalue weighted by atomic mass is 9.79.